The van der Waals surface area contributed by atoms with Crippen LogP contribution in [0.1, 0.15) is 16.7 Å². The van der Waals surface area contributed by atoms with Crippen LogP contribution in [-0.2, 0) is 4.79 Å². The molecule has 1 amide bonds. The van der Waals surface area contributed by atoms with Crippen LogP contribution in [0.15, 0.2) is 59.1 Å². The molecule has 10 heteroatoms. The van der Waals surface area contributed by atoms with Crippen molar-refractivity contribution in [2.75, 3.05) is 19.0 Å². The number of halogens is 2. The second-order valence-electron chi connectivity index (χ2n) is 7.31. The number of nitro groups is 1. The van der Waals surface area contributed by atoms with E-state index in [2.05, 4.69) is 27.3 Å². The summed E-state index contributed by atoms with van der Waals surface area (Å²) in [4.78, 5) is 22.7. The molecule has 0 unspecified atom stereocenters. The summed E-state index contributed by atoms with van der Waals surface area (Å²) in [5.41, 5.74) is 2.84. The molecule has 0 spiro atoms. The number of nitrogens with zero attached hydrogens (tertiary/aromatic N) is 2. The first-order chi connectivity index (χ1) is 16.7. The number of amides is 1. The third-order valence-corrected chi connectivity index (χ3v) is 5.87. The Kier molecular flexibility index (Phi) is 8.47. The number of carbonyl (C=O) groups is 1. The molecule has 3 aromatic carbocycles. The molecule has 0 atom stereocenters. The molecule has 3 aromatic rings. The Morgan fingerprint density at radius 1 is 1.23 bits per heavy atom. The van der Waals surface area contributed by atoms with Gasteiger partial charge in [0.1, 0.15) is 0 Å². The summed E-state index contributed by atoms with van der Waals surface area (Å²) in [7, 11) is 1.46. The van der Waals surface area contributed by atoms with Gasteiger partial charge < -0.3 is 14.8 Å². The fraction of sp³-hybridized carbons (Fsp3) is 0.120. The number of allylic oxidation sites excluding steroid dienone is 1. The van der Waals surface area contributed by atoms with Crippen LogP contribution in [0.5, 0.6) is 11.5 Å². The van der Waals surface area contributed by atoms with Crippen molar-refractivity contribution in [2.24, 2.45) is 0 Å². The highest BCUT2D eigenvalue weighted by molar-refractivity contribution is 9.10. The summed E-state index contributed by atoms with van der Waals surface area (Å²) in [5, 5.41) is 23.7. The molecule has 178 valence electrons. The molecule has 3 rings (SSSR count). The molecular weight excluding hydrogens is 538 g/mol. The maximum Gasteiger partial charge on any atom is 0.269 e. The van der Waals surface area contributed by atoms with Gasteiger partial charge in [0.2, 0.25) is 0 Å². The van der Waals surface area contributed by atoms with Gasteiger partial charge in [0.15, 0.2) is 18.1 Å². The fourth-order valence-corrected chi connectivity index (χ4v) is 3.83. The topological polar surface area (TPSA) is 114 Å². The number of hydrogen-bond donors (Lipinski definition) is 1. The van der Waals surface area contributed by atoms with Gasteiger partial charge in [0.05, 0.1) is 28.1 Å². The maximum absolute atomic E-state index is 12.3. The molecule has 0 aromatic heterocycles. The van der Waals surface area contributed by atoms with Crippen LogP contribution >= 0.6 is 27.5 Å². The minimum Gasteiger partial charge on any atom is -0.493 e. The highest BCUT2D eigenvalue weighted by Gasteiger charge is 2.15. The van der Waals surface area contributed by atoms with Crippen molar-refractivity contribution in [1.29, 1.82) is 5.26 Å². The van der Waals surface area contributed by atoms with Crippen LogP contribution in [0.25, 0.3) is 11.6 Å². The quantitative estimate of drug-likeness (QED) is 0.148. The first kappa shape index (κ1) is 25.7. The Bertz CT molecular complexity index is 1350. The van der Waals surface area contributed by atoms with E-state index in [4.69, 9.17) is 21.1 Å². The van der Waals surface area contributed by atoms with Gasteiger partial charge in [-0.15, -0.1) is 0 Å². The predicted molar refractivity (Wildman–Crippen MR) is 138 cm³/mol. The largest absolute Gasteiger partial charge is 0.493 e. The lowest BCUT2D eigenvalue weighted by Gasteiger charge is -2.14. The Balaban J connectivity index is 1.78. The Morgan fingerprint density at radius 3 is 2.54 bits per heavy atom. The number of methoxy groups -OCH3 is 1. The van der Waals surface area contributed by atoms with Gasteiger partial charge in [-0.05, 0) is 82.0 Å². The maximum atomic E-state index is 12.3. The van der Waals surface area contributed by atoms with E-state index in [-0.39, 0.29) is 18.2 Å². The van der Waals surface area contributed by atoms with Crippen LogP contribution in [-0.4, -0.2) is 24.5 Å². The van der Waals surface area contributed by atoms with Gasteiger partial charge in [-0.25, -0.2) is 0 Å². The number of hydrogen-bond acceptors (Lipinski definition) is 6. The lowest BCUT2D eigenvalue weighted by atomic mass is 10.0. The van der Waals surface area contributed by atoms with Crippen molar-refractivity contribution in [3.8, 4) is 17.6 Å². The van der Waals surface area contributed by atoms with E-state index in [0.29, 0.717) is 43.4 Å². The molecule has 0 radical (unpaired) electrons. The molecule has 0 heterocycles. The van der Waals surface area contributed by atoms with Crippen molar-refractivity contribution < 1.29 is 19.2 Å². The van der Waals surface area contributed by atoms with Crippen LogP contribution in [0.4, 0.5) is 11.4 Å². The van der Waals surface area contributed by atoms with Crippen molar-refractivity contribution in [3.63, 3.8) is 0 Å². The van der Waals surface area contributed by atoms with Crippen molar-refractivity contribution in [1.82, 2.24) is 0 Å². The highest BCUT2D eigenvalue weighted by Crippen LogP contribution is 2.37. The number of nitro benzene ring substituents is 1. The lowest BCUT2D eigenvalue weighted by Crippen LogP contribution is -2.20. The van der Waals surface area contributed by atoms with Gasteiger partial charge in [-0.1, -0.05) is 17.7 Å². The normalized spacial score (nSPS) is 10.9. The average molecular weight is 557 g/mol. The Morgan fingerprint density at radius 2 is 1.94 bits per heavy atom. The third kappa shape index (κ3) is 6.59. The standard InChI is InChI=1S/C25H19BrClN3O5/c1-15-3-6-19(12-22(15)27)29-24(31)14-35-25-21(26)10-16(11-23(25)34-2)9-18(13-28)17-4-7-20(8-5-17)30(32)33/h3-12H,14H2,1-2H3,(H,29,31)/b18-9+. The zero-order valence-corrected chi connectivity index (χ0v) is 21.0. The van der Waals surface area contributed by atoms with Crippen LogP contribution < -0.4 is 14.8 Å². The summed E-state index contributed by atoms with van der Waals surface area (Å²) in [6.45, 7) is 1.59. The molecule has 0 saturated heterocycles. The van der Waals surface area contributed by atoms with Crippen LogP contribution in [0.2, 0.25) is 5.02 Å². The monoisotopic (exact) mass is 555 g/mol. The van der Waals surface area contributed by atoms with E-state index in [1.807, 2.05) is 6.92 Å². The molecule has 0 saturated carbocycles. The summed E-state index contributed by atoms with van der Waals surface area (Å²) < 4.78 is 11.6. The van der Waals surface area contributed by atoms with Gasteiger partial charge in [0.25, 0.3) is 11.6 Å². The van der Waals surface area contributed by atoms with Crippen molar-refractivity contribution >= 4 is 56.5 Å². The van der Waals surface area contributed by atoms with E-state index in [1.54, 1.807) is 36.4 Å². The summed E-state index contributed by atoms with van der Waals surface area (Å²) in [5.74, 6) is 0.279. The highest BCUT2D eigenvalue weighted by atomic mass is 79.9. The average Bonchev–Trinajstić information content (AvgIpc) is 2.83. The molecule has 0 bridgehead atoms. The third-order valence-electron chi connectivity index (χ3n) is 4.88. The fourth-order valence-electron chi connectivity index (χ4n) is 3.08. The number of non-ortho nitro benzene ring substituents is 1. The number of nitrogens with one attached hydrogen (secondary N) is 1. The SMILES string of the molecule is COc1cc(/C=C(\C#N)c2ccc([N+](=O)[O-])cc2)cc(Br)c1OCC(=O)Nc1ccc(C)c(Cl)c1. The number of rotatable bonds is 8. The van der Waals surface area contributed by atoms with E-state index < -0.39 is 4.92 Å². The molecule has 1 N–H and O–H groups in total. The predicted octanol–water partition coefficient (Wildman–Crippen LogP) is 6.41. The van der Waals surface area contributed by atoms with Crippen molar-refractivity contribution in [3.05, 3.63) is 90.9 Å². The van der Waals surface area contributed by atoms with E-state index in [0.717, 1.165) is 5.56 Å². The number of ether oxygens (including phenoxy) is 2. The minimum atomic E-state index is -0.504. The first-order valence-electron chi connectivity index (χ1n) is 10.1. The number of nitriles is 1. The molecule has 35 heavy (non-hydrogen) atoms. The number of carbonyl (C=O) groups excluding carboxylic acids is 1. The van der Waals surface area contributed by atoms with E-state index in [9.17, 15) is 20.2 Å². The molecule has 0 aliphatic carbocycles. The second kappa shape index (κ2) is 11.5. The van der Waals surface area contributed by atoms with Gasteiger partial charge in [-0.3, -0.25) is 14.9 Å². The molecule has 0 aliphatic rings. The molecule has 0 aliphatic heterocycles. The number of benzene rings is 3. The number of anilines is 1. The Hall–Kier alpha value is -3.87. The second-order valence-corrected chi connectivity index (χ2v) is 8.57. The summed E-state index contributed by atoms with van der Waals surface area (Å²) in [6.07, 6.45) is 1.62. The van der Waals surface area contributed by atoms with E-state index in [1.165, 1.54) is 31.4 Å². The van der Waals surface area contributed by atoms with Crippen molar-refractivity contribution in [2.45, 2.75) is 6.92 Å². The molecular formula is C25H19BrClN3O5. The zero-order chi connectivity index (χ0) is 25.5. The first-order valence-corrected chi connectivity index (χ1v) is 11.3. The van der Waals surface area contributed by atoms with Gasteiger partial charge >= 0.3 is 0 Å². The minimum absolute atomic E-state index is 0.0635. The zero-order valence-electron chi connectivity index (χ0n) is 18.7. The number of aryl methyl sites for hydroxylation is 1. The van der Waals surface area contributed by atoms with E-state index >= 15 is 0 Å². The Labute approximate surface area is 215 Å². The molecule has 8 nitrogen and oxygen atoms in total. The summed E-state index contributed by atoms with van der Waals surface area (Å²) >= 11 is 9.52. The van der Waals surface area contributed by atoms with Gasteiger partial charge in [-0.2, -0.15) is 5.26 Å². The van der Waals surface area contributed by atoms with Crippen LogP contribution in [0.3, 0.4) is 0 Å². The summed E-state index contributed by atoms with van der Waals surface area (Å²) in [6, 6.07) is 16.4. The van der Waals surface area contributed by atoms with Crippen LogP contribution in [0, 0.1) is 28.4 Å². The lowest BCUT2D eigenvalue weighted by molar-refractivity contribution is -0.384. The smallest absolute Gasteiger partial charge is 0.269 e. The van der Waals surface area contributed by atoms with Gasteiger partial charge in [0, 0.05) is 22.8 Å². The molecule has 0 fully saturated rings.